The fourth-order valence-electron chi connectivity index (χ4n) is 5.77. The molecular formula is C29H39BrN8O2. The lowest BCUT2D eigenvalue weighted by Crippen LogP contribution is -2.51. The highest BCUT2D eigenvalue weighted by Crippen LogP contribution is 2.27. The predicted octanol–water partition coefficient (Wildman–Crippen LogP) is 2.90. The van der Waals surface area contributed by atoms with Crippen molar-refractivity contribution in [1.82, 2.24) is 30.1 Å². The largest absolute Gasteiger partial charge is 0.381 e. The highest BCUT2D eigenvalue weighted by molar-refractivity contribution is 9.10. The van der Waals surface area contributed by atoms with Gasteiger partial charge in [-0.2, -0.15) is 10.2 Å². The maximum Gasteiger partial charge on any atom is 0.269 e. The number of benzene rings is 1. The van der Waals surface area contributed by atoms with Gasteiger partial charge < -0.3 is 14.5 Å². The molecule has 4 heterocycles. The Morgan fingerprint density at radius 1 is 1.07 bits per heavy atom. The number of hydrogen-bond donors (Lipinski definition) is 1. The molecule has 1 aromatic heterocycles. The summed E-state index contributed by atoms with van der Waals surface area (Å²) in [6.45, 7) is 10.2. The number of nitriles is 1. The third-order valence-electron chi connectivity index (χ3n) is 8.27. The molecule has 0 radical (unpaired) electrons. The first-order valence-corrected chi connectivity index (χ1v) is 15.1. The highest BCUT2D eigenvalue weighted by Gasteiger charge is 2.28. The maximum atomic E-state index is 13.3. The van der Waals surface area contributed by atoms with Gasteiger partial charge in [0.1, 0.15) is 6.07 Å². The number of piperidine rings is 1. The van der Waals surface area contributed by atoms with Crippen molar-refractivity contribution in [2.75, 3.05) is 71.1 Å². The smallest absolute Gasteiger partial charge is 0.269 e. The molecule has 3 saturated heterocycles. The van der Waals surface area contributed by atoms with Gasteiger partial charge in [0, 0.05) is 64.2 Å². The molecule has 0 saturated carbocycles. The standard InChI is InChI=1S/C29H39BrN8O2/c1-35-10-6-23(7-11-35)21-37-14-12-36(13-15-37)20-22-2-4-24(5-3-22)29(39)34-38(25-8-16-40-17-9-25)28-26(30)19-32-27(18-31)33-28/h2-5,19,23,25H,6-17,20-21H2,1H3,(H,34,39). The van der Waals surface area contributed by atoms with E-state index in [1.807, 2.05) is 30.3 Å². The second kappa shape index (κ2) is 13.8. The van der Waals surface area contributed by atoms with Gasteiger partial charge in [0.05, 0.1) is 10.5 Å². The fourth-order valence-corrected chi connectivity index (χ4v) is 6.16. The van der Waals surface area contributed by atoms with E-state index in [4.69, 9.17) is 4.74 Å². The zero-order valence-corrected chi connectivity index (χ0v) is 24.9. The Morgan fingerprint density at radius 3 is 2.42 bits per heavy atom. The molecule has 11 heteroatoms. The van der Waals surface area contributed by atoms with Crippen molar-refractivity contribution >= 4 is 27.7 Å². The minimum Gasteiger partial charge on any atom is -0.381 e. The summed E-state index contributed by atoms with van der Waals surface area (Å²) < 4.78 is 6.14. The number of ether oxygens (including phenoxy) is 1. The van der Waals surface area contributed by atoms with Crippen molar-refractivity contribution in [2.24, 2.45) is 5.92 Å². The summed E-state index contributed by atoms with van der Waals surface area (Å²) in [7, 11) is 2.22. The first kappa shape index (κ1) is 28.9. The van der Waals surface area contributed by atoms with Gasteiger partial charge in [0.15, 0.2) is 5.82 Å². The molecule has 2 aromatic rings. The summed E-state index contributed by atoms with van der Waals surface area (Å²) in [5.74, 6) is 1.15. The number of carbonyl (C=O) groups excluding carboxylic acids is 1. The molecule has 1 aromatic carbocycles. The summed E-state index contributed by atoms with van der Waals surface area (Å²) in [6, 6.07) is 9.85. The van der Waals surface area contributed by atoms with Crippen LogP contribution in [0.4, 0.5) is 5.82 Å². The van der Waals surface area contributed by atoms with Crippen molar-refractivity contribution < 1.29 is 9.53 Å². The van der Waals surface area contributed by atoms with Crippen LogP contribution in [0.25, 0.3) is 0 Å². The zero-order valence-electron chi connectivity index (χ0n) is 23.3. The number of hydrogen-bond acceptors (Lipinski definition) is 9. The monoisotopic (exact) mass is 610 g/mol. The summed E-state index contributed by atoms with van der Waals surface area (Å²) in [6.07, 6.45) is 5.66. The number of nitrogens with zero attached hydrogens (tertiary/aromatic N) is 7. The second-order valence-corrected chi connectivity index (χ2v) is 12.0. The highest BCUT2D eigenvalue weighted by atomic mass is 79.9. The Hall–Kier alpha value is -2.62. The number of hydrazine groups is 1. The number of rotatable bonds is 8. The van der Waals surface area contributed by atoms with Gasteiger partial charge in [-0.05, 0) is 85.4 Å². The van der Waals surface area contributed by atoms with Crippen molar-refractivity contribution in [3.8, 4) is 6.07 Å². The van der Waals surface area contributed by atoms with Crippen molar-refractivity contribution in [2.45, 2.75) is 38.3 Å². The van der Waals surface area contributed by atoms with Gasteiger partial charge in [-0.15, -0.1) is 0 Å². The Bertz CT molecular complexity index is 1170. The average Bonchev–Trinajstić information content (AvgIpc) is 2.99. The van der Waals surface area contributed by atoms with Crippen LogP contribution in [0.15, 0.2) is 34.9 Å². The van der Waals surface area contributed by atoms with Crippen molar-refractivity contribution in [3.63, 3.8) is 0 Å². The molecule has 0 bridgehead atoms. The van der Waals surface area contributed by atoms with Gasteiger partial charge >= 0.3 is 0 Å². The number of piperazine rings is 1. The molecule has 3 aliphatic heterocycles. The zero-order chi connectivity index (χ0) is 27.9. The number of nitrogens with one attached hydrogen (secondary N) is 1. The van der Waals surface area contributed by atoms with Crippen LogP contribution in [0.3, 0.4) is 0 Å². The lowest BCUT2D eigenvalue weighted by Gasteiger charge is -2.38. The molecule has 214 valence electrons. The molecular weight excluding hydrogens is 572 g/mol. The first-order valence-electron chi connectivity index (χ1n) is 14.3. The third-order valence-corrected chi connectivity index (χ3v) is 8.83. The van der Waals surface area contributed by atoms with Crippen LogP contribution in [-0.2, 0) is 11.3 Å². The Balaban J connectivity index is 1.16. The fraction of sp³-hybridized carbons (Fsp3) is 0.586. The van der Waals surface area contributed by atoms with Gasteiger partial charge in [-0.1, -0.05) is 12.1 Å². The molecule has 0 spiro atoms. The maximum absolute atomic E-state index is 13.3. The lowest BCUT2D eigenvalue weighted by molar-refractivity contribution is 0.0774. The molecule has 0 unspecified atom stereocenters. The van der Waals surface area contributed by atoms with E-state index in [9.17, 15) is 10.1 Å². The molecule has 1 N–H and O–H groups in total. The topological polar surface area (TPSA) is 101 Å². The quantitative estimate of drug-likeness (QED) is 0.452. The Morgan fingerprint density at radius 2 is 1.75 bits per heavy atom. The van der Waals surface area contributed by atoms with Gasteiger partial charge in [0.25, 0.3) is 5.91 Å². The number of aromatic nitrogens is 2. The molecule has 3 fully saturated rings. The molecule has 10 nitrogen and oxygen atoms in total. The van der Waals surface area contributed by atoms with Crippen LogP contribution in [-0.4, -0.2) is 103 Å². The van der Waals surface area contributed by atoms with E-state index in [-0.39, 0.29) is 17.8 Å². The van der Waals surface area contributed by atoms with Crippen LogP contribution in [0, 0.1) is 17.2 Å². The predicted molar refractivity (Wildman–Crippen MR) is 157 cm³/mol. The third kappa shape index (κ3) is 7.56. The molecule has 1 amide bonds. The SMILES string of the molecule is CN1CCC(CN2CCN(Cc3ccc(C(=O)NN(c4nc(C#N)ncc4Br)C4CCOCC4)cc3)CC2)CC1. The van der Waals surface area contributed by atoms with Crippen LogP contribution in [0.5, 0.6) is 0 Å². The van der Waals surface area contributed by atoms with E-state index in [1.165, 1.54) is 38.0 Å². The van der Waals surface area contributed by atoms with E-state index < -0.39 is 0 Å². The molecule has 0 atom stereocenters. The first-order chi connectivity index (χ1) is 19.5. The summed E-state index contributed by atoms with van der Waals surface area (Å²) in [5, 5.41) is 11.1. The average molecular weight is 612 g/mol. The van der Waals surface area contributed by atoms with Crippen molar-refractivity contribution in [1.29, 1.82) is 5.26 Å². The van der Waals surface area contributed by atoms with E-state index >= 15 is 0 Å². The number of halogens is 1. The minimum atomic E-state index is -0.218. The second-order valence-electron chi connectivity index (χ2n) is 11.2. The van der Waals surface area contributed by atoms with Gasteiger partial charge in [-0.3, -0.25) is 20.1 Å². The number of anilines is 1. The van der Waals surface area contributed by atoms with E-state index in [2.05, 4.69) is 53.1 Å². The molecule has 0 aliphatic carbocycles. The van der Waals surface area contributed by atoms with Gasteiger partial charge in [-0.25, -0.2) is 4.98 Å². The van der Waals surface area contributed by atoms with Crippen LogP contribution >= 0.6 is 15.9 Å². The Kier molecular flexibility index (Phi) is 9.99. The normalized spacial score (nSPS) is 20.2. The summed E-state index contributed by atoms with van der Waals surface area (Å²) in [4.78, 5) is 29.3. The van der Waals surface area contributed by atoms with E-state index in [0.29, 0.717) is 29.1 Å². The molecule has 5 rings (SSSR count). The van der Waals surface area contributed by atoms with E-state index in [1.54, 1.807) is 11.2 Å². The van der Waals surface area contributed by atoms with E-state index in [0.717, 1.165) is 51.5 Å². The number of carbonyl (C=O) groups is 1. The van der Waals surface area contributed by atoms with Crippen LogP contribution in [0.2, 0.25) is 0 Å². The number of amides is 1. The van der Waals surface area contributed by atoms with Gasteiger partial charge in [0.2, 0.25) is 5.82 Å². The summed E-state index contributed by atoms with van der Waals surface area (Å²) in [5.41, 5.74) is 4.83. The van der Waals surface area contributed by atoms with Crippen molar-refractivity contribution in [3.05, 3.63) is 51.9 Å². The Labute approximate surface area is 245 Å². The van der Waals surface area contributed by atoms with Crippen LogP contribution < -0.4 is 10.4 Å². The number of likely N-dealkylation sites (tertiary alicyclic amines) is 1. The summed E-state index contributed by atoms with van der Waals surface area (Å²) >= 11 is 3.49. The minimum absolute atomic E-state index is 0.00663. The molecule has 40 heavy (non-hydrogen) atoms. The van der Waals surface area contributed by atoms with Crippen LogP contribution in [0.1, 0.15) is 47.4 Å². The molecule has 3 aliphatic rings. The lowest BCUT2D eigenvalue weighted by atomic mass is 9.96.